The molecule has 3 aromatic rings. The zero-order chi connectivity index (χ0) is 24.8. The highest BCUT2D eigenvalue weighted by atomic mass is 16.5. The van der Waals surface area contributed by atoms with E-state index in [0.29, 0.717) is 47.2 Å². The number of methoxy groups -OCH3 is 1. The summed E-state index contributed by atoms with van der Waals surface area (Å²) in [5, 5.41) is 8.94. The molecule has 0 unspecified atom stereocenters. The van der Waals surface area contributed by atoms with Crippen molar-refractivity contribution in [3.8, 4) is 11.5 Å². The first-order valence-electron chi connectivity index (χ1n) is 11.5. The zero-order valence-corrected chi connectivity index (χ0v) is 19.8. The molecule has 0 aliphatic carbocycles. The Bertz CT molecular complexity index is 1250. The summed E-state index contributed by atoms with van der Waals surface area (Å²) < 4.78 is 11.0. The molecular formula is C27H28N4O4. The summed E-state index contributed by atoms with van der Waals surface area (Å²) in [6.45, 7) is 2.94. The minimum absolute atomic E-state index is 0.232. The van der Waals surface area contributed by atoms with Crippen molar-refractivity contribution in [3.05, 3.63) is 83.4 Å². The van der Waals surface area contributed by atoms with Crippen LogP contribution in [-0.4, -0.2) is 42.8 Å². The van der Waals surface area contributed by atoms with Crippen LogP contribution >= 0.6 is 0 Å². The van der Waals surface area contributed by atoms with E-state index in [1.54, 1.807) is 55.6 Å². The number of carbonyl (C=O) groups is 2. The predicted octanol–water partition coefficient (Wildman–Crippen LogP) is 4.57. The molecule has 4 rings (SSSR count). The number of nitrogens with two attached hydrogens (primary N) is 1. The van der Waals surface area contributed by atoms with E-state index in [2.05, 4.69) is 10.4 Å². The quantitative estimate of drug-likeness (QED) is 0.490. The maximum atomic E-state index is 13.2. The molecular weight excluding hydrogens is 444 g/mol. The Kier molecular flexibility index (Phi) is 7.30. The fraction of sp³-hybridized carbons (Fsp3) is 0.222. The summed E-state index contributed by atoms with van der Waals surface area (Å²) in [6.07, 6.45) is 1.54. The topological polar surface area (TPSA) is 106 Å². The maximum Gasteiger partial charge on any atom is 0.274 e. The van der Waals surface area contributed by atoms with E-state index >= 15 is 0 Å². The number of nitrogen functional groups attached to an aromatic ring is 1. The van der Waals surface area contributed by atoms with E-state index in [0.717, 1.165) is 24.1 Å². The molecule has 1 aliphatic heterocycles. The number of hydrazone groups is 1. The summed E-state index contributed by atoms with van der Waals surface area (Å²) in [5.41, 5.74) is 9.40. The molecule has 0 spiro atoms. The van der Waals surface area contributed by atoms with Crippen molar-refractivity contribution in [1.29, 1.82) is 0 Å². The number of anilines is 2. The van der Waals surface area contributed by atoms with Crippen molar-refractivity contribution in [2.24, 2.45) is 5.10 Å². The number of hydrogen-bond acceptors (Lipinski definition) is 6. The average Bonchev–Trinajstić information content (AvgIpc) is 2.89. The summed E-state index contributed by atoms with van der Waals surface area (Å²) in [6, 6.07) is 19.1. The van der Waals surface area contributed by atoms with Crippen molar-refractivity contribution in [1.82, 2.24) is 5.01 Å². The number of nitrogens with one attached hydrogen (secondary N) is 1. The lowest BCUT2D eigenvalue weighted by Gasteiger charge is -2.24. The number of benzene rings is 3. The van der Waals surface area contributed by atoms with Crippen LogP contribution in [0.4, 0.5) is 11.4 Å². The van der Waals surface area contributed by atoms with Crippen molar-refractivity contribution in [2.75, 3.05) is 31.3 Å². The van der Waals surface area contributed by atoms with Gasteiger partial charge >= 0.3 is 0 Å². The SMILES string of the molecule is CCOc1cc(C2=NN(C(=O)c3cccc(NC(=O)c4ccc(N)cc4)c3)CCC2)ccc1OC. The van der Waals surface area contributed by atoms with Crippen LogP contribution in [0.3, 0.4) is 0 Å². The summed E-state index contributed by atoms with van der Waals surface area (Å²) in [7, 11) is 1.60. The largest absolute Gasteiger partial charge is 0.493 e. The first-order valence-corrected chi connectivity index (χ1v) is 11.5. The van der Waals surface area contributed by atoms with Gasteiger partial charge in [0.05, 0.1) is 19.4 Å². The minimum Gasteiger partial charge on any atom is -0.493 e. The van der Waals surface area contributed by atoms with E-state index < -0.39 is 0 Å². The molecule has 0 saturated carbocycles. The van der Waals surface area contributed by atoms with E-state index in [-0.39, 0.29) is 11.8 Å². The summed E-state index contributed by atoms with van der Waals surface area (Å²) in [5.74, 6) is 0.780. The summed E-state index contributed by atoms with van der Waals surface area (Å²) >= 11 is 0. The minimum atomic E-state index is -0.280. The van der Waals surface area contributed by atoms with Crippen molar-refractivity contribution >= 4 is 28.9 Å². The van der Waals surface area contributed by atoms with Gasteiger partial charge in [-0.15, -0.1) is 0 Å². The molecule has 0 aromatic heterocycles. The second kappa shape index (κ2) is 10.7. The molecule has 180 valence electrons. The third kappa shape index (κ3) is 5.60. The molecule has 2 amide bonds. The lowest BCUT2D eigenvalue weighted by Crippen LogP contribution is -2.32. The second-order valence-corrected chi connectivity index (χ2v) is 8.03. The van der Waals surface area contributed by atoms with E-state index in [4.69, 9.17) is 15.2 Å². The fourth-order valence-electron chi connectivity index (χ4n) is 3.83. The van der Waals surface area contributed by atoms with Crippen molar-refractivity contribution < 1.29 is 19.1 Å². The van der Waals surface area contributed by atoms with Crippen LogP contribution in [0.15, 0.2) is 71.8 Å². The number of ether oxygens (including phenoxy) is 2. The molecule has 0 fully saturated rings. The van der Waals surface area contributed by atoms with Crippen LogP contribution in [0.5, 0.6) is 11.5 Å². The first kappa shape index (κ1) is 23.8. The van der Waals surface area contributed by atoms with Gasteiger partial charge in [0.1, 0.15) is 0 Å². The van der Waals surface area contributed by atoms with Gasteiger partial charge in [-0.1, -0.05) is 6.07 Å². The van der Waals surface area contributed by atoms with Crippen LogP contribution in [0.1, 0.15) is 46.0 Å². The Morgan fingerprint density at radius 2 is 1.83 bits per heavy atom. The highest BCUT2D eigenvalue weighted by Crippen LogP contribution is 2.29. The van der Waals surface area contributed by atoms with E-state index in [1.165, 1.54) is 5.01 Å². The second-order valence-electron chi connectivity index (χ2n) is 8.03. The summed E-state index contributed by atoms with van der Waals surface area (Å²) in [4.78, 5) is 25.8. The van der Waals surface area contributed by atoms with Crippen LogP contribution in [0, 0.1) is 0 Å². The third-order valence-corrected chi connectivity index (χ3v) is 5.60. The Hall–Kier alpha value is -4.33. The third-order valence-electron chi connectivity index (χ3n) is 5.60. The van der Waals surface area contributed by atoms with Gasteiger partial charge < -0.3 is 20.5 Å². The normalized spacial score (nSPS) is 13.1. The Morgan fingerprint density at radius 1 is 1.03 bits per heavy atom. The molecule has 3 aromatic carbocycles. The fourth-order valence-corrected chi connectivity index (χ4v) is 3.83. The molecule has 8 heteroatoms. The van der Waals surface area contributed by atoms with Crippen molar-refractivity contribution in [3.63, 3.8) is 0 Å². The smallest absolute Gasteiger partial charge is 0.274 e. The van der Waals surface area contributed by atoms with Gasteiger partial charge in [-0.3, -0.25) is 9.59 Å². The number of hydrogen-bond donors (Lipinski definition) is 2. The lowest BCUT2D eigenvalue weighted by atomic mass is 10.0. The highest BCUT2D eigenvalue weighted by molar-refractivity contribution is 6.06. The average molecular weight is 473 g/mol. The molecule has 8 nitrogen and oxygen atoms in total. The van der Waals surface area contributed by atoms with Gasteiger partial charge in [0.2, 0.25) is 0 Å². The standard InChI is InChI=1S/C27H28N4O4/c1-3-35-25-17-19(11-14-24(25)34-2)23-8-5-15-31(30-23)27(33)20-6-4-7-22(16-20)29-26(32)18-9-12-21(28)13-10-18/h4,6-7,9-14,16-17H,3,5,8,15,28H2,1-2H3,(H,29,32). The van der Waals surface area contributed by atoms with Crippen LogP contribution in [0.2, 0.25) is 0 Å². The van der Waals surface area contributed by atoms with Crippen LogP contribution in [-0.2, 0) is 0 Å². The Labute approximate surface area is 204 Å². The van der Waals surface area contributed by atoms with Crippen LogP contribution in [0.25, 0.3) is 0 Å². The number of amides is 2. The van der Waals surface area contributed by atoms with Gasteiger partial charge in [0.15, 0.2) is 11.5 Å². The monoisotopic (exact) mass is 472 g/mol. The molecule has 0 bridgehead atoms. The number of nitrogens with zero attached hydrogens (tertiary/aromatic N) is 2. The molecule has 0 atom stereocenters. The van der Waals surface area contributed by atoms with Gasteiger partial charge in [-0.2, -0.15) is 5.10 Å². The van der Waals surface area contributed by atoms with Crippen molar-refractivity contribution in [2.45, 2.75) is 19.8 Å². The molecule has 1 aliphatic rings. The molecule has 0 radical (unpaired) electrons. The number of rotatable bonds is 7. The van der Waals surface area contributed by atoms with Crippen LogP contribution < -0.4 is 20.5 Å². The Morgan fingerprint density at radius 3 is 2.57 bits per heavy atom. The maximum absolute atomic E-state index is 13.2. The highest BCUT2D eigenvalue weighted by Gasteiger charge is 2.22. The molecule has 1 heterocycles. The van der Waals surface area contributed by atoms with E-state index in [1.807, 2.05) is 25.1 Å². The number of carbonyl (C=O) groups excluding carboxylic acids is 2. The molecule has 0 saturated heterocycles. The van der Waals surface area contributed by atoms with Gasteiger partial charge in [0, 0.05) is 34.6 Å². The van der Waals surface area contributed by atoms with Gasteiger partial charge in [-0.05, 0) is 80.4 Å². The first-order chi connectivity index (χ1) is 17.0. The van der Waals surface area contributed by atoms with Gasteiger partial charge in [-0.25, -0.2) is 5.01 Å². The molecule has 35 heavy (non-hydrogen) atoms. The molecule has 3 N–H and O–H groups in total. The van der Waals surface area contributed by atoms with Gasteiger partial charge in [0.25, 0.3) is 11.8 Å². The lowest BCUT2D eigenvalue weighted by molar-refractivity contribution is 0.0751. The zero-order valence-electron chi connectivity index (χ0n) is 19.8. The predicted molar refractivity (Wildman–Crippen MR) is 136 cm³/mol. The van der Waals surface area contributed by atoms with E-state index in [9.17, 15) is 9.59 Å². The Balaban J connectivity index is 1.52.